The van der Waals surface area contributed by atoms with E-state index in [4.69, 9.17) is 4.74 Å². The van der Waals surface area contributed by atoms with E-state index in [0.29, 0.717) is 6.61 Å². The van der Waals surface area contributed by atoms with E-state index in [-0.39, 0.29) is 28.1 Å². The van der Waals surface area contributed by atoms with E-state index >= 15 is 0 Å². The average molecular weight is 235 g/mol. The van der Waals surface area contributed by atoms with Gasteiger partial charge in [0.25, 0.3) is 0 Å². The van der Waals surface area contributed by atoms with Crippen LogP contribution < -0.4 is 0 Å². The predicted octanol–water partition coefficient (Wildman–Crippen LogP) is 2.76. The Morgan fingerprint density at radius 2 is 1.76 bits per heavy atom. The SMILES string of the molecule is CC1(C)COC(=O)C2(C#N)[C@@H]1C(C)(C)C2(C)C. The zero-order valence-corrected chi connectivity index (χ0v) is 11.5. The minimum atomic E-state index is -0.974. The second-order valence-corrected chi connectivity index (χ2v) is 7.26. The Bertz CT molecular complexity index is 428. The molecule has 0 aromatic heterocycles. The summed E-state index contributed by atoms with van der Waals surface area (Å²) in [4.78, 5) is 12.2. The van der Waals surface area contributed by atoms with Crippen molar-refractivity contribution in [2.24, 2.45) is 27.6 Å². The lowest BCUT2D eigenvalue weighted by atomic mass is 9.29. The Hall–Kier alpha value is -1.04. The fraction of sp³-hybridized carbons (Fsp3) is 0.857. The molecule has 2 rings (SSSR count). The number of cyclic esters (lactones) is 1. The Balaban J connectivity index is 2.64. The number of esters is 1. The maximum absolute atomic E-state index is 12.2. The molecule has 2 aliphatic rings. The van der Waals surface area contributed by atoms with Crippen molar-refractivity contribution >= 4 is 5.97 Å². The fourth-order valence-corrected chi connectivity index (χ4v) is 4.33. The van der Waals surface area contributed by atoms with Gasteiger partial charge in [0, 0.05) is 11.3 Å². The van der Waals surface area contributed by atoms with Crippen LogP contribution in [0.3, 0.4) is 0 Å². The van der Waals surface area contributed by atoms with Crippen LogP contribution in [0.5, 0.6) is 0 Å². The van der Waals surface area contributed by atoms with Crippen LogP contribution in [0, 0.1) is 38.9 Å². The smallest absolute Gasteiger partial charge is 0.327 e. The standard InChI is InChI=1S/C14H21NO2/c1-11(2)8-17-10(16)14(7-15)9(11)12(3,4)13(14,5)6/h9H,8H2,1-6H3/t9-,14?/m0/s1. The van der Waals surface area contributed by atoms with Crippen LogP contribution >= 0.6 is 0 Å². The van der Waals surface area contributed by atoms with Crippen LogP contribution in [-0.4, -0.2) is 12.6 Å². The van der Waals surface area contributed by atoms with Crippen LogP contribution in [0.2, 0.25) is 0 Å². The first kappa shape index (κ1) is 12.4. The second kappa shape index (κ2) is 2.85. The van der Waals surface area contributed by atoms with Crippen LogP contribution in [0.15, 0.2) is 0 Å². The number of rotatable bonds is 0. The first-order valence-electron chi connectivity index (χ1n) is 6.14. The van der Waals surface area contributed by atoms with Crippen LogP contribution in [-0.2, 0) is 9.53 Å². The first-order valence-corrected chi connectivity index (χ1v) is 6.14. The highest BCUT2D eigenvalue weighted by atomic mass is 16.5. The molecule has 1 unspecified atom stereocenters. The zero-order valence-electron chi connectivity index (χ0n) is 11.5. The van der Waals surface area contributed by atoms with Gasteiger partial charge < -0.3 is 4.74 Å². The van der Waals surface area contributed by atoms with Gasteiger partial charge in [-0.15, -0.1) is 0 Å². The van der Waals surface area contributed by atoms with Crippen molar-refractivity contribution < 1.29 is 9.53 Å². The molecule has 1 aliphatic carbocycles. The number of carbonyl (C=O) groups is 1. The Morgan fingerprint density at radius 3 is 2.18 bits per heavy atom. The summed E-state index contributed by atoms with van der Waals surface area (Å²) in [6.07, 6.45) is 0. The number of nitrogens with zero attached hydrogens (tertiary/aromatic N) is 1. The number of hydrogen-bond acceptors (Lipinski definition) is 3. The highest BCUT2D eigenvalue weighted by Gasteiger charge is 2.80. The fourth-order valence-electron chi connectivity index (χ4n) is 4.33. The molecule has 0 amide bonds. The highest BCUT2D eigenvalue weighted by Crippen LogP contribution is 2.76. The van der Waals surface area contributed by atoms with Crippen LogP contribution in [0.25, 0.3) is 0 Å². The molecule has 0 aromatic rings. The summed E-state index contributed by atoms with van der Waals surface area (Å²) in [6.45, 7) is 12.9. The van der Waals surface area contributed by atoms with Crippen LogP contribution in [0.1, 0.15) is 41.5 Å². The molecule has 1 heterocycles. The normalized spacial score (nSPS) is 40.5. The third-order valence-corrected chi connectivity index (χ3v) is 5.61. The summed E-state index contributed by atoms with van der Waals surface area (Å²) in [5.41, 5.74) is -1.50. The average Bonchev–Trinajstić information content (AvgIpc) is 2.19. The molecule has 1 aliphatic heterocycles. The van der Waals surface area contributed by atoms with Gasteiger partial charge in [-0.3, -0.25) is 4.79 Å². The first-order chi connectivity index (χ1) is 7.55. The summed E-state index contributed by atoms with van der Waals surface area (Å²) in [5, 5.41) is 9.59. The molecule has 17 heavy (non-hydrogen) atoms. The lowest BCUT2D eigenvalue weighted by molar-refractivity contribution is -0.287. The largest absolute Gasteiger partial charge is 0.464 e. The van der Waals surface area contributed by atoms with E-state index in [1.54, 1.807) is 0 Å². The maximum Gasteiger partial charge on any atom is 0.327 e. The molecule has 0 bridgehead atoms. The number of carbonyl (C=O) groups excluding carboxylic acids is 1. The van der Waals surface area contributed by atoms with Gasteiger partial charge in [0.1, 0.15) is 0 Å². The Labute approximate surface area is 103 Å². The summed E-state index contributed by atoms with van der Waals surface area (Å²) in [7, 11) is 0. The number of nitriles is 1. The van der Waals surface area contributed by atoms with Crippen LogP contribution in [0.4, 0.5) is 0 Å². The summed E-state index contributed by atoms with van der Waals surface area (Å²) in [5.74, 6) is -0.266. The zero-order chi connectivity index (χ0) is 13.3. The molecule has 1 saturated carbocycles. The van der Waals surface area contributed by atoms with E-state index in [0.717, 1.165) is 0 Å². The van der Waals surface area contributed by atoms with Crippen molar-refractivity contribution in [1.29, 1.82) is 5.26 Å². The predicted molar refractivity (Wildman–Crippen MR) is 63.8 cm³/mol. The van der Waals surface area contributed by atoms with Gasteiger partial charge in [-0.2, -0.15) is 5.26 Å². The van der Waals surface area contributed by atoms with Crippen molar-refractivity contribution in [3.8, 4) is 6.07 Å². The summed E-state index contributed by atoms with van der Waals surface area (Å²) < 4.78 is 5.29. The van der Waals surface area contributed by atoms with E-state index in [2.05, 4.69) is 33.8 Å². The molecule has 1 saturated heterocycles. The summed E-state index contributed by atoms with van der Waals surface area (Å²) >= 11 is 0. The van der Waals surface area contributed by atoms with Gasteiger partial charge in [0.2, 0.25) is 0 Å². The van der Waals surface area contributed by atoms with Gasteiger partial charge in [-0.1, -0.05) is 41.5 Å². The molecule has 0 spiro atoms. The molecule has 3 nitrogen and oxygen atoms in total. The van der Waals surface area contributed by atoms with Crippen molar-refractivity contribution in [3.63, 3.8) is 0 Å². The van der Waals surface area contributed by atoms with Gasteiger partial charge >= 0.3 is 5.97 Å². The van der Waals surface area contributed by atoms with Gasteiger partial charge in [-0.05, 0) is 10.8 Å². The minimum Gasteiger partial charge on any atom is -0.464 e. The highest BCUT2D eigenvalue weighted by molar-refractivity contribution is 5.85. The van der Waals surface area contributed by atoms with E-state index < -0.39 is 5.41 Å². The third kappa shape index (κ3) is 1.01. The molecule has 0 radical (unpaired) electrons. The quantitative estimate of drug-likeness (QED) is 0.607. The van der Waals surface area contributed by atoms with Crippen molar-refractivity contribution in [3.05, 3.63) is 0 Å². The molecule has 3 heteroatoms. The Kier molecular flexibility index (Phi) is 2.08. The lowest BCUT2D eigenvalue weighted by Gasteiger charge is -2.73. The maximum atomic E-state index is 12.2. The molecule has 2 atom stereocenters. The third-order valence-electron chi connectivity index (χ3n) is 5.61. The topological polar surface area (TPSA) is 50.1 Å². The van der Waals surface area contributed by atoms with Crippen molar-refractivity contribution in [1.82, 2.24) is 0 Å². The van der Waals surface area contributed by atoms with Gasteiger partial charge in [0.05, 0.1) is 12.7 Å². The molecule has 0 N–H and O–H groups in total. The van der Waals surface area contributed by atoms with E-state index in [9.17, 15) is 10.1 Å². The number of ether oxygens (including phenoxy) is 1. The van der Waals surface area contributed by atoms with Crippen molar-refractivity contribution in [2.75, 3.05) is 6.61 Å². The summed E-state index contributed by atoms with van der Waals surface area (Å²) in [6, 6.07) is 2.29. The number of fused-ring (bicyclic) bond motifs is 1. The van der Waals surface area contributed by atoms with E-state index in [1.807, 2.05) is 13.8 Å². The Morgan fingerprint density at radius 1 is 1.24 bits per heavy atom. The van der Waals surface area contributed by atoms with Crippen molar-refractivity contribution in [2.45, 2.75) is 41.5 Å². The van der Waals surface area contributed by atoms with Gasteiger partial charge in [0.15, 0.2) is 5.41 Å². The molecular weight excluding hydrogens is 214 g/mol. The molecule has 94 valence electrons. The second-order valence-electron chi connectivity index (χ2n) is 7.26. The molecule has 0 aromatic carbocycles. The van der Waals surface area contributed by atoms with E-state index in [1.165, 1.54) is 0 Å². The monoisotopic (exact) mass is 235 g/mol. The number of hydrogen-bond donors (Lipinski definition) is 0. The lowest BCUT2D eigenvalue weighted by Crippen LogP contribution is -2.76. The molecule has 2 fully saturated rings. The minimum absolute atomic E-state index is 0.0360. The van der Waals surface area contributed by atoms with Gasteiger partial charge in [-0.25, -0.2) is 0 Å². The molecular formula is C14H21NO2.